The number of alkyl halides is 3. The number of hydrogen-bond donors (Lipinski definition) is 0. The Kier molecular flexibility index (Phi) is 5.36. The second kappa shape index (κ2) is 7.58. The fraction of sp³-hybridized carbons (Fsp3) is 0.294. The van der Waals surface area contributed by atoms with E-state index in [-0.39, 0.29) is 47.5 Å². The predicted molar refractivity (Wildman–Crippen MR) is 94.2 cm³/mol. The van der Waals surface area contributed by atoms with E-state index in [4.69, 9.17) is 0 Å². The van der Waals surface area contributed by atoms with Crippen LogP contribution >= 0.6 is 11.3 Å². The molecule has 28 heavy (non-hydrogen) atoms. The summed E-state index contributed by atoms with van der Waals surface area (Å²) in [6, 6.07) is 6.64. The number of hydrogen-bond acceptors (Lipinski definition) is 5. The Hall–Kier alpha value is -2.95. The Morgan fingerprint density at radius 3 is 1.93 bits per heavy atom. The molecule has 0 aliphatic carbocycles. The van der Waals surface area contributed by atoms with E-state index in [1.807, 2.05) is 0 Å². The first-order chi connectivity index (χ1) is 13.2. The molecule has 0 spiro atoms. The Bertz CT molecular complexity index is 903. The number of nitro groups is 1. The van der Waals surface area contributed by atoms with Crippen molar-refractivity contribution in [3.63, 3.8) is 0 Å². The van der Waals surface area contributed by atoms with Crippen LogP contribution < -0.4 is 0 Å². The third kappa shape index (κ3) is 4.14. The van der Waals surface area contributed by atoms with Gasteiger partial charge in [0.1, 0.15) is 0 Å². The van der Waals surface area contributed by atoms with Gasteiger partial charge in [-0.3, -0.25) is 19.7 Å². The summed E-state index contributed by atoms with van der Waals surface area (Å²) in [5.41, 5.74) is -0.689. The number of piperazine rings is 1. The highest BCUT2D eigenvalue weighted by Gasteiger charge is 2.31. The second-order valence-corrected chi connectivity index (χ2v) is 7.12. The molecule has 1 saturated heterocycles. The zero-order valence-corrected chi connectivity index (χ0v) is 15.1. The summed E-state index contributed by atoms with van der Waals surface area (Å²) in [7, 11) is 0. The number of carbonyl (C=O) groups is 2. The van der Waals surface area contributed by atoms with Gasteiger partial charge in [0.15, 0.2) is 0 Å². The standard InChI is InChI=1S/C17H14F3N3O4S/c18-17(19,20)12-3-1-11(2-4-12)15(24)21-7-9-22(10-8-21)16(25)13-5-6-14(28-13)23(26)27/h1-6H,7-10H2. The van der Waals surface area contributed by atoms with E-state index >= 15 is 0 Å². The molecule has 0 bridgehead atoms. The molecule has 1 fully saturated rings. The van der Waals surface area contributed by atoms with E-state index in [2.05, 4.69) is 0 Å². The summed E-state index contributed by atoms with van der Waals surface area (Å²) in [6.07, 6.45) is -4.47. The Balaban J connectivity index is 1.60. The predicted octanol–water partition coefficient (Wildman–Crippen LogP) is 3.27. The lowest BCUT2D eigenvalue weighted by Gasteiger charge is -2.34. The largest absolute Gasteiger partial charge is 0.416 e. The molecule has 0 unspecified atom stereocenters. The van der Waals surface area contributed by atoms with Crippen LogP contribution in [0.25, 0.3) is 0 Å². The molecule has 0 N–H and O–H groups in total. The average molecular weight is 413 g/mol. The number of amides is 2. The maximum atomic E-state index is 12.6. The van der Waals surface area contributed by atoms with Crippen LogP contribution in [0.4, 0.5) is 18.2 Å². The molecule has 1 aromatic carbocycles. The highest BCUT2D eigenvalue weighted by atomic mass is 32.1. The minimum absolute atomic E-state index is 0.125. The second-order valence-electron chi connectivity index (χ2n) is 6.05. The van der Waals surface area contributed by atoms with Crippen molar-refractivity contribution in [2.45, 2.75) is 6.18 Å². The Morgan fingerprint density at radius 2 is 1.46 bits per heavy atom. The molecule has 7 nitrogen and oxygen atoms in total. The topological polar surface area (TPSA) is 83.8 Å². The molecule has 2 heterocycles. The van der Waals surface area contributed by atoms with Gasteiger partial charge in [0, 0.05) is 37.8 Å². The van der Waals surface area contributed by atoms with Crippen LogP contribution in [-0.4, -0.2) is 52.7 Å². The quantitative estimate of drug-likeness (QED) is 0.571. The molecule has 1 aromatic heterocycles. The van der Waals surface area contributed by atoms with Gasteiger partial charge in [0.05, 0.1) is 15.4 Å². The van der Waals surface area contributed by atoms with Gasteiger partial charge < -0.3 is 9.80 Å². The van der Waals surface area contributed by atoms with E-state index in [0.29, 0.717) is 0 Å². The van der Waals surface area contributed by atoms with Crippen LogP contribution in [0.15, 0.2) is 36.4 Å². The normalized spacial score (nSPS) is 14.8. The summed E-state index contributed by atoms with van der Waals surface area (Å²) < 4.78 is 37.8. The van der Waals surface area contributed by atoms with E-state index in [1.54, 1.807) is 0 Å². The highest BCUT2D eigenvalue weighted by Crippen LogP contribution is 2.29. The van der Waals surface area contributed by atoms with Crippen LogP contribution in [0.2, 0.25) is 0 Å². The van der Waals surface area contributed by atoms with Crippen molar-refractivity contribution in [1.29, 1.82) is 0 Å². The first kappa shape index (κ1) is 19.8. The van der Waals surface area contributed by atoms with Gasteiger partial charge in [0.25, 0.3) is 11.8 Å². The van der Waals surface area contributed by atoms with Crippen molar-refractivity contribution in [2.75, 3.05) is 26.2 Å². The van der Waals surface area contributed by atoms with Crippen molar-refractivity contribution >= 4 is 28.2 Å². The van der Waals surface area contributed by atoms with Crippen molar-refractivity contribution in [1.82, 2.24) is 9.80 Å². The summed E-state index contributed by atoms with van der Waals surface area (Å²) >= 11 is 0.787. The lowest BCUT2D eigenvalue weighted by atomic mass is 10.1. The van der Waals surface area contributed by atoms with Crippen molar-refractivity contribution in [3.8, 4) is 0 Å². The molecular weight excluding hydrogens is 399 g/mol. The lowest BCUT2D eigenvalue weighted by Crippen LogP contribution is -2.50. The fourth-order valence-electron chi connectivity index (χ4n) is 2.79. The summed E-state index contributed by atoms with van der Waals surface area (Å²) in [6.45, 7) is 0.909. The molecule has 1 aliphatic heterocycles. The molecule has 1 aliphatic rings. The maximum absolute atomic E-state index is 12.6. The smallest absolute Gasteiger partial charge is 0.335 e. The number of thiophene rings is 1. The van der Waals surface area contributed by atoms with Gasteiger partial charge in [-0.2, -0.15) is 13.2 Å². The molecule has 2 aromatic rings. The van der Waals surface area contributed by atoms with E-state index in [1.165, 1.54) is 21.9 Å². The monoisotopic (exact) mass is 413 g/mol. The molecule has 0 atom stereocenters. The molecule has 0 saturated carbocycles. The van der Waals surface area contributed by atoms with Crippen molar-refractivity contribution in [2.24, 2.45) is 0 Å². The zero-order chi connectivity index (χ0) is 20.5. The van der Waals surface area contributed by atoms with Crippen LogP contribution in [-0.2, 0) is 6.18 Å². The molecule has 11 heteroatoms. The van der Waals surface area contributed by atoms with Gasteiger partial charge >= 0.3 is 11.2 Å². The Morgan fingerprint density at radius 1 is 0.929 bits per heavy atom. The summed E-state index contributed by atoms with van der Waals surface area (Å²) in [5, 5.41) is 10.6. The number of rotatable bonds is 3. The van der Waals surface area contributed by atoms with Gasteiger partial charge in [-0.25, -0.2) is 0 Å². The number of benzene rings is 1. The third-order valence-corrected chi connectivity index (χ3v) is 5.32. The van der Waals surface area contributed by atoms with Crippen LogP contribution in [0, 0.1) is 10.1 Å². The van der Waals surface area contributed by atoms with Crippen LogP contribution in [0.3, 0.4) is 0 Å². The lowest BCUT2D eigenvalue weighted by molar-refractivity contribution is -0.380. The SMILES string of the molecule is O=C(c1ccc(C(F)(F)F)cc1)N1CCN(C(=O)c2ccc([N+](=O)[O-])s2)CC1. The van der Waals surface area contributed by atoms with Crippen LogP contribution in [0.1, 0.15) is 25.6 Å². The molecular formula is C17H14F3N3O4S. The van der Waals surface area contributed by atoms with E-state index in [9.17, 15) is 32.9 Å². The molecule has 0 radical (unpaired) electrons. The van der Waals surface area contributed by atoms with Gasteiger partial charge in [-0.1, -0.05) is 11.3 Å². The first-order valence-corrected chi connectivity index (χ1v) is 8.98. The zero-order valence-electron chi connectivity index (χ0n) is 14.3. The number of nitrogens with zero attached hydrogens (tertiary/aromatic N) is 3. The molecule has 3 rings (SSSR count). The van der Waals surface area contributed by atoms with Gasteiger partial charge in [0.2, 0.25) is 0 Å². The van der Waals surface area contributed by atoms with E-state index in [0.717, 1.165) is 35.6 Å². The van der Waals surface area contributed by atoms with Gasteiger partial charge in [-0.05, 0) is 30.3 Å². The van der Waals surface area contributed by atoms with Crippen LogP contribution in [0.5, 0.6) is 0 Å². The maximum Gasteiger partial charge on any atom is 0.416 e. The number of carbonyl (C=O) groups excluding carboxylic acids is 2. The summed E-state index contributed by atoms with van der Waals surface area (Å²) in [5.74, 6) is -0.757. The van der Waals surface area contributed by atoms with Gasteiger partial charge in [-0.15, -0.1) is 0 Å². The fourth-order valence-corrected chi connectivity index (χ4v) is 3.58. The first-order valence-electron chi connectivity index (χ1n) is 8.17. The molecule has 2 amide bonds. The highest BCUT2D eigenvalue weighted by molar-refractivity contribution is 7.17. The summed E-state index contributed by atoms with van der Waals surface area (Å²) in [4.78, 5) is 38.2. The third-order valence-electron chi connectivity index (χ3n) is 4.30. The minimum atomic E-state index is -4.47. The van der Waals surface area contributed by atoms with E-state index < -0.39 is 22.6 Å². The minimum Gasteiger partial charge on any atom is -0.335 e. The Labute approximate surface area is 161 Å². The average Bonchev–Trinajstić information content (AvgIpc) is 3.17. The van der Waals surface area contributed by atoms with Crippen molar-refractivity contribution < 1.29 is 27.7 Å². The number of halogens is 3. The van der Waals surface area contributed by atoms with Crippen molar-refractivity contribution in [3.05, 3.63) is 62.5 Å². The molecule has 148 valence electrons.